The SMILES string of the molecule is CCOc1ccc(C(Br)Cc2cc(C)ccc2C)cc1Br. The van der Waals surface area contributed by atoms with E-state index in [9.17, 15) is 0 Å². The molecule has 0 amide bonds. The highest BCUT2D eigenvalue weighted by Gasteiger charge is 2.12. The van der Waals surface area contributed by atoms with Gasteiger partial charge in [-0.05, 0) is 71.9 Å². The van der Waals surface area contributed by atoms with E-state index >= 15 is 0 Å². The molecule has 0 N–H and O–H groups in total. The van der Waals surface area contributed by atoms with Crippen molar-refractivity contribution in [2.24, 2.45) is 0 Å². The summed E-state index contributed by atoms with van der Waals surface area (Å²) in [7, 11) is 0. The lowest BCUT2D eigenvalue weighted by Crippen LogP contribution is -1.99. The van der Waals surface area contributed by atoms with Crippen LogP contribution in [-0.2, 0) is 6.42 Å². The first-order chi connectivity index (χ1) is 10.0. The lowest BCUT2D eigenvalue weighted by molar-refractivity contribution is 0.338. The van der Waals surface area contributed by atoms with Crippen LogP contribution >= 0.6 is 31.9 Å². The molecule has 2 aromatic carbocycles. The van der Waals surface area contributed by atoms with Crippen LogP contribution in [0, 0.1) is 13.8 Å². The zero-order valence-corrected chi connectivity index (χ0v) is 15.8. The number of rotatable bonds is 5. The van der Waals surface area contributed by atoms with Crippen LogP contribution in [0.25, 0.3) is 0 Å². The highest BCUT2D eigenvalue weighted by Crippen LogP contribution is 2.34. The molecule has 3 heteroatoms. The van der Waals surface area contributed by atoms with Gasteiger partial charge < -0.3 is 4.74 Å². The molecule has 0 saturated carbocycles. The average molecular weight is 412 g/mol. The number of halogens is 2. The third kappa shape index (κ3) is 4.33. The van der Waals surface area contributed by atoms with Gasteiger partial charge in [-0.15, -0.1) is 0 Å². The summed E-state index contributed by atoms with van der Waals surface area (Å²) in [5, 5.41) is 0. The summed E-state index contributed by atoms with van der Waals surface area (Å²) in [5.74, 6) is 0.896. The molecule has 0 fully saturated rings. The number of benzene rings is 2. The summed E-state index contributed by atoms with van der Waals surface area (Å²) in [6, 6.07) is 12.9. The first-order valence-electron chi connectivity index (χ1n) is 7.13. The lowest BCUT2D eigenvalue weighted by Gasteiger charge is -2.15. The minimum atomic E-state index is 0.296. The standard InChI is InChI=1S/C18H20Br2O/c1-4-21-18-8-7-14(10-17(18)20)16(19)11-15-9-12(2)5-6-13(15)3/h5-10,16H,4,11H2,1-3H3. The molecule has 0 aliphatic heterocycles. The van der Waals surface area contributed by atoms with Crippen LogP contribution in [0.3, 0.4) is 0 Å². The Hall–Kier alpha value is -0.800. The van der Waals surface area contributed by atoms with E-state index in [1.807, 2.05) is 13.0 Å². The highest BCUT2D eigenvalue weighted by molar-refractivity contribution is 9.10. The van der Waals surface area contributed by atoms with E-state index in [0.717, 1.165) is 16.6 Å². The molecule has 2 aromatic rings. The van der Waals surface area contributed by atoms with E-state index in [4.69, 9.17) is 4.74 Å². The van der Waals surface area contributed by atoms with E-state index in [0.29, 0.717) is 11.4 Å². The molecule has 0 heterocycles. The maximum Gasteiger partial charge on any atom is 0.133 e. The summed E-state index contributed by atoms with van der Waals surface area (Å²) in [5.41, 5.74) is 5.30. The Kier molecular flexibility index (Phi) is 5.88. The molecule has 2 rings (SSSR count). The van der Waals surface area contributed by atoms with Gasteiger partial charge in [0.25, 0.3) is 0 Å². The van der Waals surface area contributed by atoms with Crippen LogP contribution in [0.2, 0.25) is 0 Å². The predicted molar refractivity (Wildman–Crippen MR) is 96.6 cm³/mol. The van der Waals surface area contributed by atoms with Crippen molar-refractivity contribution < 1.29 is 4.74 Å². The summed E-state index contributed by atoms with van der Waals surface area (Å²) < 4.78 is 6.57. The van der Waals surface area contributed by atoms with Gasteiger partial charge in [0.15, 0.2) is 0 Å². The molecule has 0 aliphatic rings. The molecule has 1 atom stereocenters. The van der Waals surface area contributed by atoms with Crippen molar-refractivity contribution >= 4 is 31.9 Å². The van der Waals surface area contributed by atoms with Crippen molar-refractivity contribution in [2.75, 3.05) is 6.61 Å². The normalized spacial score (nSPS) is 12.2. The molecule has 1 unspecified atom stereocenters. The van der Waals surface area contributed by atoms with E-state index in [2.05, 4.69) is 76.0 Å². The van der Waals surface area contributed by atoms with Gasteiger partial charge in [0.1, 0.15) is 5.75 Å². The van der Waals surface area contributed by atoms with Gasteiger partial charge in [-0.3, -0.25) is 0 Å². The number of hydrogen-bond acceptors (Lipinski definition) is 1. The maximum absolute atomic E-state index is 5.56. The molecule has 21 heavy (non-hydrogen) atoms. The van der Waals surface area contributed by atoms with Crippen LogP contribution in [-0.4, -0.2) is 6.61 Å². The summed E-state index contributed by atoms with van der Waals surface area (Å²) in [4.78, 5) is 0.296. The second-order valence-electron chi connectivity index (χ2n) is 5.22. The highest BCUT2D eigenvalue weighted by atomic mass is 79.9. The molecule has 1 nitrogen and oxygen atoms in total. The van der Waals surface area contributed by atoms with Crippen LogP contribution < -0.4 is 4.74 Å². The third-order valence-corrected chi connectivity index (χ3v) is 4.99. The monoisotopic (exact) mass is 410 g/mol. The van der Waals surface area contributed by atoms with Gasteiger partial charge in [0, 0.05) is 4.83 Å². The molecule has 112 valence electrons. The van der Waals surface area contributed by atoms with Gasteiger partial charge in [0.2, 0.25) is 0 Å². The van der Waals surface area contributed by atoms with Crippen molar-refractivity contribution in [1.29, 1.82) is 0 Å². The van der Waals surface area contributed by atoms with Crippen molar-refractivity contribution in [3.05, 3.63) is 63.1 Å². The number of ether oxygens (including phenoxy) is 1. The molecule has 0 bridgehead atoms. The minimum Gasteiger partial charge on any atom is -0.493 e. The fraction of sp³-hybridized carbons (Fsp3) is 0.333. The van der Waals surface area contributed by atoms with Gasteiger partial charge in [-0.2, -0.15) is 0 Å². The Morgan fingerprint density at radius 3 is 2.52 bits per heavy atom. The Balaban J connectivity index is 2.18. The van der Waals surface area contributed by atoms with Crippen molar-refractivity contribution in [1.82, 2.24) is 0 Å². The number of alkyl halides is 1. The first kappa shape index (κ1) is 16.6. The summed E-state index contributed by atoms with van der Waals surface area (Å²) >= 11 is 7.40. The molecular formula is C18H20Br2O. The fourth-order valence-corrected chi connectivity index (χ4v) is 3.46. The largest absolute Gasteiger partial charge is 0.493 e. The van der Waals surface area contributed by atoms with E-state index in [1.165, 1.54) is 22.3 Å². The van der Waals surface area contributed by atoms with Crippen LogP contribution in [0.4, 0.5) is 0 Å². The topological polar surface area (TPSA) is 9.23 Å². The molecule has 0 spiro atoms. The van der Waals surface area contributed by atoms with Crippen LogP contribution in [0.5, 0.6) is 5.75 Å². The first-order valence-corrected chi connectivity index (χ1v) is 8.84. The van der Waals surface area contributed by atoms with Gasteiger partial charge in [-0.1, -0.05) is 45.8 Å². The number of aryl methyl sites for hydroxylation is 2. The van der Waals surface area contributed by atoms with Crippen LogP contribution in [0.1, 0.15) is 34.0 Å². The summed E-state index contributed by atoms with van der Waals surface area (Å²) in [6.45, 7) is 6.98. The zero-order chi connectivity index (χ0) is 15.4. The minimum absolute atomic E-state index is 0.296. The van der Waals surface area contributed by atoms with E-state index < -0.39 is 0 Å². The average Bonchev–Trinajstić information content (AvgIpc) is 2.45. The maximum atomic E-state index is 5.56. The van der Waals surface area contributed by atoms with Crippen molar-refractivity contribution in [2.45, 2.75) is 32.0 Å². The van der Waals surface area contributed by atoms with E-state index in [1.54, 1.807) is 0 Å². The van der Waals surface area contributed by atoms with Crippen molar-refractivity contribution in [3.8, 4) is 5.75 Å². The summed E-state index contributed by atoms with van der Waals surface area (Å²) in [6.07, 6.45) is 0.980. The van der Waals surface area contributed by atoms with Gasteiger partial charge in [0.05, 0.1) is 11.1 Å². The number of hydrogen-bond donors (Lipinski definition) is 0. The molecular weight excluding hydrogens is 392 g/mol. The molecule has 0 radical (unpaired) electrons. The zero-order valence-electron chi connectivity index (χ0n) is 12.6. The predicted octanol–water partition coefficient (Wildman–Crippen LogP) is 6.14. The molecule has 0 aliphatic carbocycles. The second-order valence-corrected chi connectivity index (χ2v) is 7.18. The van der Waals surface area contributed by atoms with Gasteiger partial charge >= 0.3 is 0 Å². The fourth-order valence-electron chi connectivity index (χ4n) is 2.32. The second kappa shape index (κ2) is 7.46. The Morgan fingerprint density at radius 1 is 1.10 bits per heavy atom. The molecule has 0 saturated heterocycles. The Bertz CT molecular complexity index is 623. The van der Waals surface area contributed by atoms with Crippen molar-refractivity contribution in [3.63, 3.8) is 0 Å². The smallest absolute Gasteiger partial charge is 0.133 e. The third-order valence-electron chi connectivity index (χ3n) is 3.52. The van der Waals surface area contributed by atoms with Crippen LogP contribution in [0.15, 0.2) is 40.9 Å². The molecule has 0 aromatic heterocycles. The van der Waals surface area contributed by atoms with Gasteiger partial charge in [-0.25, -0.2) is 0 Å². The van der Waals surface area contributed by atoms with E-state index in [-0.39, 0.29) is 0 Å². The quantitative estimate of drug-likeness (QED) is 0.536. The Labute approximate surface area is 144 Å². The Morgan fingerprint density at radius 2 is 1.86 bits per heavy atom. The lowest BCUT2D eigenvalue weighted by atomic mass is 9.98.